The van der Waals surface area contributed by atoms with Crippen molar-refractivity contribution in [2.24, 2.45) is 0 Å². The number of nitrogens with zero attached hydrogens (tertiary/aromatic N) is 4. The summed E-state index contributed by atoms with van der Waals surface area (Å²) in [6, 6.07) is 6.41. The van der Waals surface area contributed by atoms with Crippen LogP contribution in [-0.2, 0) is 6.54 Å². The predicted molar refractivity (Wildman–Crippen MR) is 116 cm³/mol. The molecule has 0 aromatic carbocycles. The van der Waals surface area contributed by atoms with Crippen molar-refractivity contribution < 1.29 is 4.42 Å². The first kappa shape index (κ1) is 19.0. The predicted octanol–water partition coefficient (Wildman–Crippen LogP) is 3.54. The molecule has 28 heavy (non-hydrogen) atoms. The number of hydrogen-bond acceptors (Lipinski definition) is 6. The fourth-order valence-electron chi connectivity index (χ4n) is 3.90. The van der Waals surface area contributed by atoms with Gasteiger partial charge in [0.25, 0.3) is 0 Å². The average molecular weight is 401 g/mol. The summed E-state index contributed by atoms with van der Waals surface area (Å²) in [4.78, 5) is 14.3. The van der Waals surface area contributed by atoms with Gasteiger partial charge in [-0.2, -0.15) is 9.97 Å². The molecule has 2 fully saturated rings. The Kier molecular flexibility index (Phi) is 5.95. The Morgan fingerprint density at radius 1 is 1.18 bits per heavy atom. The van der Waals surface area contributed by atoms with Crippen molar-refractivity contribution in [1.82, 2.24) is 15.3 Å². The molecule has 7 nitrogen and oxygen atoms in total. The van der Waals surface area contributed by atoms with Crippen LogP contribution in [0.25, 0.3) is 0 Å². The maximum absolute atomic E-state index is 5.44. The molecule has 4 rings (SSSR count). The highest BCUT2D eigenvalue weighted by atomic mass is 32.1. The van der Waals surface area contributed by atoms with Gasteiger partial charge < -0.3 is 24.9 Å². The first-order chi connectivity index (χ1) is 13.7. The number of hydrogen-bond donors (Lipinski definition) is 2. The average Bonchev–Trinajstić information content (AvgIpc) is 3.40. The van der Waals surface area contributed by atoms with Gasteiger partial charge in [-0.3, -0.25) is 0 Å². The summed E-state index contributed by atoms with van der Waals surface area (Å²) in [7, 11) is 0. The molecule has 0 radical (unpaired) electrons. The molecule has 2 N–H and O–H groups in total. The Balaban J connectivity index is 1.52. The van der Waals surface area contributed by atoms with Crippen LogP contribution in [0.4, 0.5) is 17.6 Å². The second-order valence-corrected chi connectivity index (χ2v) is 7.94. The third-order valence-corrected chi connectivity index (χ3v) is 5.70. The fraction of sp³-hybridized carbons (Fsp3) is 0.550. The summed E-state index contributed by atoms with van der Waals surface area (Å²) in [5.41, 5.74) is 0. The number of furan rings is 1. The Morgan fingerprint density at radius 2 is 1.96 bits per heavy atom. The number of thiocarbonyl (C=S) groups is 1. The topological polar surface area (TPSA) is 69.5 Å². The number of rotatable bonds is 5. The SMILES string of the molecule is C[C@@H]1CCCCN1c1cc(N2CCCC2)nc(NC(=S)NCc2ccco2)n1. The lowest BCUT2D eigenvalue weighted by molar-refractivity contribution is 0.481. The van der Waals surface area contributed by atoms with Crippen molar-refractivity contribution in [2.45, 2.75) is 51.6 Å². The van der Waals surface area contributed by atoms with Crippen LogP contribution in [-0.4, -0.2) is 40.8 Å². The van der Waals surface area contributed by atoms with Crippen LogP contribution < -0.4 is 20.4 Å². The molecule has 150 valence electrons. The Labute approximate surface area is 171 Å². The molecule has 0 amide bonds. The van der Waals surface area contributed by atoms with E-state index in [-0.39, 0.29) is 0 Å². The molecule has 0 aliphatic carbocycles. The van der Waals surface area contributed by atoms with Gasteiger partial charge in [0.2, 0.25) is 5.95 Å². The Bertz CT molecular complexity index is 790. The second kappa shape index (κ2) is 8.77. The Hall–Kier alpha value is -2.35. The summed E-state index contributed by atoms with van der Waals surface area (Å²) in [6.07, 6.45) is 7.78. The first-order valence-corrected chi connectivity index (χ1v) is 10.6. The van der Waals surface area contributed by atoms with Crippen molar-refractivity contribution >= 4 is 34.9 Å². The van der Waals surface area contributed by atoms with Crippen LogP contribution >= 0.6 is 12.2 Å². The number of nitrogens with one attached hydrogen (secondary N) is 2. The van der Waals surface area contributed by atoms with Gasteiger partial charge in [0.05, 0.1) is 12.8 Å². The fourth-order valence-corrected chi connectivity index (χ4v) is 4.06. The molecule has 2 aliphatic heterocycles. The maximum Gasteiger partial charge on any atom is 0.232 e. The number of aromatic nitrogens is 2. The molecular weight excluding hydrogens is 372 g/mol. The van der Waals surface area contributed by atoms with Crippen molar-refractivity contribution in [3.63, 3.8) is 0 Å². The molecule has 0 unspecified atom stereocenters. The minimum atomic E-state index is 0.493. The summed E-state index contributed by atoms with van der Waals surface area (Å²) in [6.45, 7) is 5.94. The summed E-state index contributed by atoms with van der Waals surface area (Å²) in [5.74, 6) is 3.35. The third kappa shape index (κ3) is 4.55. The highest BCUT2D eigenvalue weighted by Crippen LogP contribution is 2.28. The van der Waals surface area contributed by atoms with Gasteiger partial charge in [0.15, 0.2) is 5.11 Å². The van der Waals surface area contributed by atoms with Crippen LogP contribution in [0, 0.1) is 0 Å². The van der Waals surface area contributed by atoms with E-state index in [2.05, 4.69) is 33.4 Å². The van der Waals surface area contributed by atoms with Gasteiger partial charge in [-0.05, 0) is 63.4 Å². The van der Waals surface area contributed by atoms with Crippen molar-refractivity contribution in [3.8, 4) is 0 Å². The quantitative estimate of drug-likeness (QED) is 0.739. The van der Waals surface area contributed by atoms with Gasteiger partial charge in [-0.1, -0.05) is 0 Å². The van der Waals surface area contributed by atoms with Gasteiger partial charge >= 0.3 is 0 Å². The summed E-state index contributed by atoms with van der Waals surface area (Å²) in [5, 5.41) is 6.81. The molecule has 2 aromatic rings. The zero-order valence-corrected chi connectivity index (χ0v) is 17.2. The lowest BCUT2D eigenvalue weighted by Crippen LogP contribution is -2.38. The standard InChI is InChI=1S/C20H28N6OS/c1-15-7-2-3-11-26(15)18-13-17(25-9-4-5-10-25)22-19(23-18)24-20(28)21-14-16-8-6-12-27-16/h6,8,12-13,15H,2-5,7,9-11,14H2,1H3,(H2,21,22,23,24,28)/t15-/m1/s1. The van der Waals surface area contributed by atoms with Crippen molar-refractivity contribution in [2.75, 3.05) is 34.8 Å². The van der Waals surface area contributed by atoms with Crippen LogP contribution in [0.3, 0.4) is 0 Å². The lowest BCUT2D eigenvalue weighted by atomic mass is 10.0. The van der Waals surface area contributed by atoms with E-state index >= 15 is 0 Å². The number of piperidine rings is 1. The van der Waals surface area contributed by atoms with E-state index in [4.69, 9.17) is 26.6 Å². The minimum Gasteiger partial charge on any atom is -0.467 e. The minimum absolute atomic E-state index is 0.493. The summed E-state index contributed by atoms with van der Waals surface area (Å²) < 4.78 is 5.34. The molecular formula is C20H28N6OS. The molecule has 1 atom stereocenters. The van der Waals surface area contributed by atoms with Gasteiger partial charge in [-0.15, -0.1) is 0 Å². The number of anilines is 3. The van der Waals surface area contributed by atoms with E-state index in [1.807, 2.05) is 12.1 Å². The molecule has 4 heterocycles. The maximum atomic E-state index is 5.44. The third-order valence-electron chi connectivity index (χ3n) is 5.46. The molecule has 2 saturated heterocycles. The van der Waals surface area contributed by atoms with Gasteiger partial charge in [0.1, 0.15) is 17.4 Å². The molecule has 8 heteroatoms. The van der Waals surface area contributed by atoms with E-state index < -0.39 is 0 Å². The van der Waals surface area contributed by atoms with Crippen molar-refractivity contribution in [1.29, 1.82) is 0 Å². The van der Waals surface area contributed by atoms with E-state index in [1.54, 1.807) is 6.26 Å². The first-order valence-electron chi connectivity index (χ1n) is 10.2. The highest BCUT2D eigenvalue weighted by molar-refractivity contribution is 7.80. The van der Waals surface area contributed by atoms with Crippen LogP contribution in [0.15, 0.2) is 28.9 Å². The van der Waals surface area contributed by atoms with Gasteiger partial charge in [0, 0.05) is 31.7 Å². The van der Waals surface area contributed by atoms with Crippen molar-refractivity contribution in [3.05, 3.63) is 30.2 Å². The molecule has 0 spiro atoms. The molecule has 0 bridgehead atoms. The molecule has 2 aliphatic rings. The zero-order valence-electron chi connectivity index (χ0n) is 16.4. The molecule has 0 saturated carbocycles. The normalized spacial score (nSPS) is 19.7. The molecule has 2 aromatic heterocycles. The summed E-state index contributed by atoms with van der Waals surface area (Å²) >= 11 is 5.44. The smallest absolute Gasteiger partial charge is 0.232 e. The zero-order chi connectivity index (χ0) is 19.3. The van der Waals surface area contributed by atoms with Crippen LogP contribution in [0.5, 0.6) is 0 Å². The lowest BCUT2D eigenvalue weighted by Gasteiger charge is -2.35. The largest absolute Gasteiger partial charge is 0.467 e. The van der Waals surface area contributed by atoms with E-state index in [0.29, 0.717) is 23.6 Å². The highest BCUT2D eigenvalue weighted by Gasteiger charge is 2.23. The van der Waals surface area contributed by atoms with Gasteiger partial charge in [-0.25, -0.2) is 0 Å². The van der Waals surface area contributed by atoms with E-state index in [0.717, 1.165) is 37.0 Å². The van der Waals surface area contributed by atoms with E-state index in [9.17, 15) is 0 Å². The second-order valence-electron chi connectivity index (χ2n) is 7.53. The van der Waals surface area contributed by atoms with E-state index in [1.165, 1.54) is 32.1 Å². The van der Waals surface area contributed by atoms with Crippen LogP contribution in [0.2, 0.25) is 0 Å². The van der Waals surface area contributed by atoms with Crippen LogP contribution in [0.1, 0.15) is 44.8 Å². The Morgan fingerprint density at radius 3 is 2.71 bits per heavy atom. The monoisotopic (exact) mass is 400 g/mol.